The van der Waals surface area contributed by atoms with Crippen LogP contribution in [0.25, 0.3) is 0 Å². The van der Waals surface area contributed by atoms with Gasteiger partial charge in [-0.1, -0.05) is 11.6 Å². The summed E-state index contributed by atoms with van der Waals surface area (Å²) in [6.45, 7) is 0.506. The van der Waals surface area contributed by atoms with Crippen molar-refractivity contribution in [3.63, 3.8) is 0 Å². The van der Waals surface area contributed by atoms with Gasteiger partial charge in [0.15, 0.2) is 0 Å². The number of nitrogens with one attached hydrogen (secondary N) is 1. The third-order valence-electron chi connectivity index (χ3n) is 4.77. The van der Waals surface area contributed by atoms with Gasteiger partial charge in [0.2, 0.25) is 10.0 Å². The van der Waals surface area contributed by atoms with Crippen LogP contribution in [0, 0.1) is 5.92 Å². The van der Waals surface area contributed by atoms with E-state index in [2.05, 4.69) is 21.7 Å². The maximum absolute atomic E-state index is 12.2. The molecular weight excluding hydrogens is 310 g/mol. The molecule has 0 spiro atoms. The molecule has 5 nitrogen and oxygen atoms in total. The molecule has 7 heteroatoms. The largest absolute Gasteiger partial charge is 0.300 e. The van der Waals surface area contributed by atoms with Gasteiger partial charge in [0.25, 0.3) is 0 Å². The Morgan fingerprint density at radius 2 is 2.00 bits per heavy atom. The molecule has 2 aliphatic rings. The Hall–Kier alpha value is -0.690. The number of pyridine rings is 1. The van der Waals surface area contributed by atoms with Crippen LogP contribution in [-0.2, 0) is 10.0 Å². The number of rotatable bonds is 4. The molecule has 0 radical (unpaired) electrons. The number of piperidine rings is 1. The zero-order chi connectivity index (χ0) is 15.0. The van der Waals surface area contributed by atoms with Crippen molar-refractivity contribution in [1.29, 1.82) is 0 Å². The van der Waals surface area contributed by atoms with Crippen LogP contribution < -0.4 is 4.72 Å². The summed E-state index contributed by atoms with van der Waals surface area (Å²) in [6, 6.07) is 4.22. The Morgan fingerprint density at radius 1 is 1.33 bits per heavy atom. The van der Waals surface area contributed by atoms with Gasteiger partial charge in [-0.2, -0.15) is 0 Å². The van der Waals surface area contributed by atoms with Gasteiger partial charge < -0.3 is 4.90 Å². The molecule has 3 rings (SSSR count). The van der Waals surface area contributed by atoms with Crippen LogP contribution in [0.1, 0.15) is 25.7 Å². The molecule has 2 bridgehead atoms. The molecule has 21 heavy (non-hydrogen) atoms. The molecule has 2 aliphatic heterocycles. The van der Waals surface area contributed by atoms with Crippen LogP contribution >= 0.6 is 11.6 Å². The highest BCUT2D eigenvalue weighted by Gasteiger charge is 2.38. The fraction of sp³-hybridized carbons (Fsp3) is 0.643. The second-order valence-corrected chi connectivity index (χ2v) is 8.21. The van der Waals surface area contributed by atoms with E-state index in [0.717, 1.165) is 12.8 Å². The fourth-order valence-corrected chi connectivity index (χ4v) is 4.70. The van der Waals surface area contributed by atoms with Crippen LogP contribution in [0.3, 0.4) is 0 Å². The number of fused-ring (bicyclic) bond motifs is 2. The lowest BCUT2D eigenvalue weighted by Crippen LogP contribution is -2.43. The minimum atomic E-state index is -3.49. The number of hydrogen-bond donors (Lipinski definition) is 1. The summed E-state index contributed by atoms with van der Waals surface area (Å²) in [5, 5.41) is 0.292. The van der Waals surface area contributed by atoms with E-state index in [1.165, 1.54) is 31.2 Å². The van der Waals surface area contributed by atoms with Crippen molar-refractivity contribution in [3.8, 4) is 0 Å². The van der Waals surface area contributed by atoms with Gasteiger partial charge in [-0.05, 0) is 50.8 Å². The SMILES string of the molecule is CN1C2CCC1CC(CNS(=O)(=O)c1ccc(Cl)nc1)C2. The summed E-state index contributed by atoms with van der Waals surface area (Å²) in [7, 11) is -1.31. The lowest BCUT2D eigenvalue weighted by atomic mass is 9.91. The predicted molar refractivity (Wildman–Crippen MR) is 81.7 cm³/mol. The molecule has 2 atom stereocenters. The first-order valence-electron chi connectivity index (χ1n) is 7.29. The third kappa shape index (κ3) is 3.23. The summed E-state index contributed by atoms with van der Waals surface area (Å²) in [6.07, 6.45) is 5.93. The zero-order valence-electron chi connectivity index (χ0n) is 12.0. The molecule has 1 N–H and O–H groups in total. The van der Waals surface area contributed by atoms with Crippen LogP contribution in [0.5, 0.6) is 0 Å². The Morgan fingerprint density at radius 3 is 2.57 bits per heavy atom. The average Bonchev–Trinajstić information content (AvgIpc) is 2.68. The van der Waals surface area contributed by atoms with E-state index in [4.69, 9.17) is 11.6 Å². The average molecular weight is 330 g/mol. The standard InChI is InChI=1S/C14H20ClN3O2S/c1-18-11-2-3-12(18)7-10(6-11)8-17-21(19,20)13-4-5-14(15)16-9-13/h4-5,9-12,17H,2-3,6-8H2,1H3. The van der Waals surface area contributed by atoms with Crippen molar-refractivity contribution in [3.05, 3.63) is 23.5 Å². The van der Waals surface area contributed by atoms with E-state index in [1.54, 1.807) is 0 Å². The van der Waals surface area contributed by atoms with Gasteiger partial charge in [0.05, 0.1) is 0 Å². The van der Waals surface area contributed by atoms with Crippen LogP contribution in [0.2, 0.25) is 5.15 Å². The van der Waals surface area contributed by atoms with Gasteiger partial charge in [0, 0.05) is 24.8 Å². The van der Waals surface area contributed by atoms with Gasteiger partial charge in [-0.3, -0.25) is 0 Å². The van der Waals surface area contributed by atoms with Gasteiger partial charge in [-0.25, -0.2) is 18.1 Å². The molecule has 0 saturated carbocycles. The topological polar surface area (TPSA) is 62.3 Å². The van der Waals surface area contributed by atoms with Gasteiger partial charge in [-0.15, -0.1) is 0 Å². The highest BCUT2D eigenvalue weighted by atomic mass is 35.5. The van der Waals surface area contributed by atoms with E-state index < -0.39 is 10.0 Å². The number of hydrogen-bond acceptors (Lipinski definition) is 4. The van der Waals surface area contributed by atoms with E-state index >= 15 is 0 Å². The van der Waals surface area contributed by atoms with Crippen LogP contribution in [0.15, 0.2) is 23.2 Å². The number of halogens is 1. The molecule has 0 amide bonds. The van der Waals surface area contributed by atoms with E-state index in [0.29, 0.717) is 29.7 Å². The minimum Gasteiger partial charge on any atom is -0.300 e. The minimum absolute atomic E-state index is 0.169. The summed E-state index contributed by atoms with van der Waals surface area (Å²) < 4.78 is 27.2. The van der Waals surface area contributed by atoms with E-state index in [1.807, 2.05) is 0 Å². The molecule has 2 unspecified atom stereocenters. The molecule has 2 saturated heterocycles. The zero-order valence-corrected chi connectivity index (χ0v) is 13.6. The maximum atomic E-state index is 12.2. The molecule has 1 aromatic rings. The highest BCUT2D eigenvalue weighted by Crippen LogP contribution is 2.37. The maximum Gasteiger partial charge on any atom is 0.242 e. The number of aromatic nitrogens is 1. The fourth-order valence-electron chi connectivity index (χ4n) is 3.52. The molecule has 116 valence electrons. The van der Waals surface area contributed by atoms with Crippen molar-refractivity contribution < 1.29 is 8.42 Å². The van der Waals surface area contributed by atoms with Gasteiger partial charge in [0.1, 0.15) is 10.0 Å². The third-order valence-corrected chi connectivity index (χ3v) is 6.40. The summed E-state index contributed by atoms with van der Waals surface area (Å²) in [4.78, 5) is 6.45. The summed E-state index contributed by atoms with van der Waals surface area (Å²) in [5.41, 5.74) is 0. The Bertz CT molecular complexity index is 591. The highest BCUT2D eigenvalue weighted by molar-refractivity contribution is 7.89. The molecule has 1 aromatic heterocycles. The Balaban J connectivity index is 1.61. The first kappa shape index (κ1) is 15.2. The van der Waals surface area contributed by atoms with E-state index in [9.17, 15) is 8.42 Å². The Kier molecular flexibility index (Phi) is 4.23. The lowest BCUT2D eigenvalue weighted by Gasteiger charge is -2.36. The first-order chi connectivity index (χ1) is 9.95. The summed E-state index contributed by atoms with van der Waals surface area (Å²) >= 11 is 5.68. The second kappa shape index (κ2) is 5.83. The van der Waals surface area contributed by atoms with Crippen molar-refractivity contribution in [2.75, 3.05) is 13.6 Å². The molecule has 0 aromatic carbocycles. The number of sulfonamides is 1. The monoisotopic (exact) mass is 329 g/mol. The number of nitrogens with zero attached hydrogens (tertiary/aromatic N) is 2. The van der Waals surface area contributed by atoms with Crippen molar-refractivity contribution in [2.24, 2.45) is 5.92 Å². The first-order valence-corrected chi connectivity index (χ1v) is 9.15. The normalized spacial score (nSPS) is 29.7. The quantitative estimate of drug-likeness (QED) is 0.857. The van der Waals surface area contributed by atoms with Crippen molar-refractivity contribution >= 4 is 21.6 Å². The molecule has 2 fully saturated rings. The van der Waals surface area contributed by atoms with Crippen LogP contribution in [0.4, 0.5) is 0 Å². The summed E-state index contributed by atoms with van der Waals surface area (Å²) in [5.74, 6) is 0.425. The molecular formula is C14H20ClN3O2S. The Labute approximate surface area is 130 Å². The smallest absolute Gasteiger partial charge is 0.242 e. The van der Waals surface area contributed by atoms with Crippen molar-refractivity contribution in [1.82, 2.24) is 14.6 Å². The predicted octanol–water partition coefficient (Wildman–Crippen LogP) is 1.89. The lowest BCUT2D eigenvalue weighted by molar-refractivity contribution is 0.135. The molecule has 0 aliphatic carbocycles. The second-order valence-electron chi connectivity index (χ2n) is 6.06. The van der Waals surface area contributed by atoms with Crippen LogP contribution in [-0.4, -0.2) is 44.0 Å². The molecule has 3 heterocycles. The van der Waals surface area contributed by atoms with E-state index in [-0.39, 0.29) is 4.90 Å². The van der Waals surface area contributed by atoms with Gasteiger partial charge >= 0.3 is 0 Å². The van der Waals surface area contributed by atoms with Crippen molar-refractivity contribution in [2.45, 2.75) is 42.7 Å².